The molecule has 3 unspecified atom stereocenters. The number of methoxy groups -OCH3 is 1. The predicted octanol–water partition coefficient (Wildman–Crippen LogP) is 4.18. The molecule has 1 N–H and O–H groups in total. The van der Waals surface area contributed by atoms with Crippen molar-refractivity contribution in [1.29, 1.82) is 0 Å². The van der Waals surface area contributed by atoms with Gasteiger partial charge >= 0.3 is 0 Å². The summed E-state index contributed by atoms with van der Waals surface area (Å²) in [6.45, 7) is 0. The number of hydrogen-bond acceptors (Lipinski definition) is 2. The first kappa shape index (κ1) is 12.1. The maximum Gasteiger partial charge on any atom is 0.160 e. The van der Waals surface area contributed by atoms with E-state index in [9.17, 15) is 5.11 Å². The average molecular weight is 282 g/mol. The number of benzene rings is 1. The minimum absolute atomic E-state index is 0.300. The van der Waals surface area contributed by atoms with Gasteiger partial charge in [0, 0.05) is 5.41 Å². The quantitative estimate of drug-likeness (QED) is 0.783. The third-order valence-corrected chi connectivity index (χ3v) is 6.82. The van der Waals surface area contributed by atoms with Crippen molar-refractivity contribution in [3.63, 3.8) is 0 Å². The normalized spacial score (nSPS) is 38.7. The molecule has 2 nitrogen and oxygen atoms in total. The number of rotatable bonds is 1. The number of ether oxygens (including phenoxy) is 1. The molecular weight excluding hydrogens is 260 g/mol. The predicted molar refractivity (Wildman–Crippen MR) is 81.7 cm³/mol. The molecule has 0 amide bonds. The Labute approximate surface area is 125 Å². The smallest absolute Gasteiger partial charge is 0.160 e. The molecule has 4 atom stereocenters. The van der Waals surface area contributed by atoms with E-state index in [-0.39, 0.29) is 0 Å². The minimum atomic E-state index is 0.300. The van der Waals surface area contributed by atoms with Crippen LogP contribution in [0.4, 0.5) is 0 Å². The van der Waals surface area contributed by atoms with Crippen LogP contribution < -0.4 is 4.74 Å². The zero-order valence-electron chi connectivity index (χ0n) is 12.6. The number of aromatic hydroxyl groups is 1. The van der Waals surface area contributed by atoms with Gasteiger partial charge in [0.1, 0.15) is 0 Å². The van der Waals surface area contributed by atoms with Crippen molar-refractivity contribution >= 4 is 0 Å². The van der Waals surface area contributed by atoms with Gasteiger partial charge in [0.05, 0.1) is 7.11 Å². The summed E-state index contributed by atoms with van der Waals surface area (Å²) in [4.78, 5) is 0. The summed E-state index contributed by atoms with van der Waals surface area (Å²) in [5.74, 6) is 3.38. The Kier molecular flexibility index (Phi) is 2.22. The van der Waals surface area contributed by atoms with Gasteiger partial charge in [0.15, 0.2) is 11.5 Å². The summed E-state index contributed by atoms with van der Waals surface area (Å²) >= 11 is 0. The fourth-order valence-corrected chi connectivity index (χ4v) is 5.86. The van der Waals surface area contributed by atoms with Gasteiger partial charge in [0.2, 0.25) is 0 Å². The maximum absolute atomic E-state index is 10.0. The number of aryl methyl sites for hydroxylation is 1. The molecule has 1 aromatic rings. The van der Waals surface area contributed by atoms with E-state index in [1.165, 1.54) is 43.2 Å². The molecule has 0 heterocycles. The van der Waals surface area contributed by atoms with Crippen LogP contribution in [-0.2, 0) is 6.42 Å². The highest BCUT2D eigenvalue weighted by atomic mass is 16.5. The van der Waals surface area contributed by atoms with Crippen LogP contribution in [0.3, 0.4) is 0 Å². The van der Waals surface area contributed by atoms with Crippen molar-refractivity contribution in [2.45, 2.75) is 44.4 Å². The number of phenolic OH excluding ortho intramolecular Hbond substituents is 1. The van der Waals surface area contributed by atoms with Crippen molar-refractivity contribution in [3.8, 4) is 11.5 Å². The van der Waals surface area contributed by atoms with E-state index in [0.29, 0.717) is 22.8 Å². The Morgan fingerprint density at radius 2 is 2.10 bits per heavy atom. The molecule has 4 aliphatic carbocycles. The Morgan fingerprint density at radius 3 is 2.90 bits per heavy atom. The Hall–Kier alpha value is -1.44. The van der Waals surface area contributed by atoms with Crippen LogP contribution in [0.25, 0.3) is 0 Å². The lowest BCUT2D eigenvalue weighted by Crippen LogP contribution is -2.36. The molecule has 1 aromatic carbocycles. The number of fused-ring (bicyclic) bond motifs is 4. The van der Waals surface area contributed by atoms with Crippen LogP contribution in [0.15, 0.2) is 23.8 Å². The van der Waals surface area contributed by atoms with Crippen molar-refractivity contribution in [1.82, 2.24) is 0 Å². The van der Waals surface area contributed by atoms with E-state index in [0.717, 1.165) is 18.3 Å². The van der Waals surface area contributed by atoms with E-state index < -0.39 is 0 Å². The highest BCUT2D eigenvalue weighted by molar-refractivity contribution is 5.51. The Balaban J connectivity index is 1.56. The highest BCUT2D eigenvalue weighted by Crippen LogP contribution is 2.70. The molecular formula is C19H22O2. The van der Waals surface area contributed by atoms with Crippen LogP contribution in [0, 0.1) is 17.3 Å². The van der Waals surface area contributed by atoms with E-state index >= 15 is 0 Å². The third-order valence-electron chi connectivity index (χ3n) is 6.82. The lowest BCUT2D eigenvalue weighted by atomic mass is 9.58. The lowest BCUT2D eigenvalue weighted by Gasteiger charge is -2.46. The molecule has 0 aromatic heterocycles. The van der Waals surface area contributed by atoms with Crippen molar-refractivity contribution in [3.05, 3.63) is 34.9 Å². The fourth-order valence-electron chi connectivity index (χ4n) is 5.86. The van der Waals surface area contributed by atoms with E-state index in [2.05, 4.69) is 12.1 Å². The summed E-state index contributed by atoms with van der Waals surface area (Å²) in [5, 5.41) is 10.0. The second kappa shape index (κ2) is 3.85. The Bertz CT molecular complexity index is 660. The molecule has 4 aliphatic rings. The molecule has 0 bridgehead atoms. The molecule has 2 saturated carbocycles. The Morgan fingerprint density at radius 1 is 1.19 bits per heavy atom. The molecule has 0 saturated heterocycles. The number of phenols is 1. The summed E-state index contributed by atoms with van der Waals surface area (Å²) < 4.78 is 5.35. The number of hydrogen-bond donors (Lipinski definition) is 1. The third kappa shape index (κ3) is 1.43. The van der Waals surface area contributed by atoms with E-state index in [4.69, 9.17) is 4.74 Å². The highest BCUT2D eigenvalue weighted by Gasteiger charge is 2.60. The second-order valence-electron chi connectivity index (χ2n) is 7.43. The topological polar surface area (TPSA) is 29.5 Å². The van der Waals surface area contributed by atoms with Crippen LogP contribution in [0.2, 0.25) is 0 Å². The van der Waals surface area contributed by atoms with Gasteiger partial charge in [0.25, 0.3) is 0 Å². The van der Waals surface area contributed by atoms with Gasteiger partial charge in [-0.1, -0.05) is 11.6 Å². The van der Waals surface area contributed by atoms with Gasteiger partial charge in [-0.3, -0.25) is 0 Å². The first-order valence-electron chi connectivity index (χ1n) is 8.35. The van der Waals surface area contributed by atoms with Gasteiger partial charge < -0.3 is 9.84 Å². The van der Waals surface area contributed by atoms with Gasteiger partial charge in [-0.2, -0.15) is 0 Å². The average Bonchev–Trinajstić information content (AvgIpc) is 3.07. The summed E-state index contributed by atoms with van der Waals surface area (Å²) in [5.41, 5.74) is 5.16. The van der Waals surface area contributed by atoms with Crippen LogP contribution in [-0.4, -0.2) is 12.2 Å². The second-order valence-corrected chi connectivity index (χ2v) is 7.43. The van der Waals surface area contributed by atoms with Crippen LogP contribution in [0.5, 0.6) is 11.5 Å². The maximum atomic E-state index is 10.0. The van der Waals surface area contributed by atoms with E-state index in [1.54, 1.807) is 12.7 Å². The zero-order valence-corrected chi connectivity index (χ0v) is 12.6. The lowest BCUT2D eigenvalue weighted by molar-refractivity contribution is 0.121. The standard InChI is InChI=1S/C19H22O2/c1-21-18-9-15-11(8-17(18)20)2-4-14-13(15)6-7-19-10-12(19)3-5-16(14)19/h8-10,13-14,16,20H,2-7H2,1H3/t13?,14?,16?,19-/m0/s1. The fraction of sp³-hybridized carbons (Fsp3) is 0.579. The first-order chi connectivity index (χ1) is 10.2. The number of allylic oxidation sites excluding steroid dienone is 2. The van der Waals surface area contributed by atoms with Crippen molar-refractivity contribution < 1.29 is 9.84 Å². The zero-order chi connectivity index (χ0) is 14.2. The monoisotopic (exact) mass is 282 g/mol. The van der Waals surface area contributed by atoms with E-state index in [1.807, 2.05) is 6.07 Å². The first-order valence-corrected chi connectivity index (χ1v) is 8.35. The van der Waals surface area contributed by atoms with Gasteiger partial charge in [-0.25, -0.2) is 0 Å². The van der Waals surface area contributed by atoms with Crippen LogP contribution >= 0.6 is 0 Å². The molecule has 0 aliphatic heterocycles. The molecule has 5 rings (SSSR count). The molecule has 0 radical (unpaired) electrons. The SMILES string of the molecule is COc1cc2c(cc1O)CCC1C2CC[C@]23C=C2CCC13. The summed E-state index contributed by atoms with van der Waals surface area (Å²) in [6, 6.07) is 4.07. The molecule has 110 valence electrons. The summed E-state index contributed by atoms with van der Waals surface area (Å²) in [7, 11) is 1.65. The minimum Gasteiger partial charge on any atom is -0.504 e. The summed E-state index contributed by atoms with van der Waals surface area (Å²) in [6.07, 6.45) is 10.5. The van der Waals surface area contributed by atoms with Crippen molar-refractivity contribution in [2.24, 2.45) is 17.3 Å². The van der Waals surface area contributed by atoms with Gasteiger partial charge in [-0.05, 0) is 79.5 Å². The molecule has 2 fully saturated rings. The molecule has 2 heteroatoms. The molecule has 1 spiro atoms. The van der Waals surface area contributed by atoms with Crippen molar-refractivity contribution in [2.75, 3.05) is 7.11 Å². The van der Waals surface area contributed by atoms with Gasteiger partial charge in [-0.15, -0.1) is 0 Å². The van der Waals surface area contributed by atoms with Crippen LogP contribution in [0.1, 0.15) is 49.1 Å². The largest absolute Gasteiger partial charge is 0.504 e. The molecule has 21 heavy (non-hydrogen) atoms.